The van der Waals surface area contributed by atoms with Gasteiger partial charge in [-0.25, -0.2) is 14.3 Å². The van der Waals surface area contributed by atoms with Crippen LogP contribution in [0.25, 0.3) is 11.1 Å². The first-order valence-corrected chi connectivity index (χ1v) is 5.65. The first-order valence-electron chi connectivity index (χ1n) is 5.65. The van der Waals surface area contributed by atoms with Crippen molar-refractivity contribution in [1.82, 2.24) is 4.74 Å². The standard InChI is InChI=1S/C13H13NO6/c1-14-11(12(15)16)10(13(17)20-14)7-4-5-8(18-2)9(6-7)19-3/h4-6H,1-3H3,(H,15,16). The number of rotatable bonds is 4. The SMILES string of the molecule is COc1ccc(-c2c(C(=O)O)n(C)oc2=O)cc1OC. The lowest BCUT2D eigenvalue weighted by atomic mass is 10.1. The van der Waals surface area contributed by atoms with E-state index >= 15 is 0 Å². The van der Waals surface area contributed by atoms with E-state index in [1.54, 1.807) is 12.1 Å². The second-order valence-electron chi connectivity index (χ2n) is 3.97. The van der Waals surface area contributed by atoms with Gasteiger partial charge in [0.05, 0.1) is 14.2 Å². The number of aromatic carboxylic acids is 1. The van der Waals surface area contributed by atoms with Gasteiger partial charge in [0.15, 0.2) is 17.2 Å². The van der Waals surface area contributed by atoms with Crippen molar-refractivity contribution in [2.75, 3.05) is 14.2 Å². The Kier molecular flexibility index (Phi) is 3.51. The fourth-order valence-corrected chi connectivity index (χ4v) is 1.96. The summed E-state index contributed by atoms with van der Waals surface area (Å²) in [4.78, 5) is 23.0. The number of carboxylic acid groups (broad SMARTS) is 1. The average molecular weight is 279 g/mol. The van der Waals surface area contributed by atoms with Gasteiger partial charge in [-0.3, -0.25) is 0 Å². The van der Waals surface area contributed by atoms with E-state index in [4.69, 9.17) is 14.0 Å². The lowest BCUT2D eigenvalue weighted by Crippen LogP contribution is -2.06. The van der Waals surface area contributed by atoms with Crippen molar-refractivity contribution >= 4 is 5.97 Å². The summed E-state index contributed by atoms with van der Waals surface area (Å²) in [6.45, 7) is 0. The number of ether oxygens (including phenoxy) is 2. The van der Waals surface area contributed by atoms with Crippen molar-refractivity contribution in [1.29, 1.82) is 0 Å². The number of aryl methyl sites for hydroxylation is 1. The van der Waals surface area contributed by atoms with Gasteiger partial charge in [0.2, 0.25) is 0 Å². The van der Waals surface area contributed by atoms with E-state index in [2.05, 4.69) is 0 Å². The van der Waals surface area contributed by atoms with Crippen LogP contribution in [0.5, 0.6) is 11.5 Å². The van der Waals surface area contributed by atoms with Gasteiger partial charge in [0, 0.05) is 7.05 Å². The Morgan fingerprint density at radius 2 is 1.90 bits per heavy atom. The number of methoxy groups -OCH3 is 2. The number of carbonyl (C=O) groups is 1. The maximum absolute atomic E-state index is 11.8. The van der Waals surface area contributed by atoms with Crippen molar-refractivity contribution < 1.29 is 23.9 Å². The summed E-state index contributed by atoms with van der Waals surface area (Å²) in [7, 11) is 4.29. The van der Waals surface area contributed by atoms with Crippen molar-refractivity contribution in [2.24, 2.45) is 7.05 Å². The van der Waals surface area contributed by atoms with Crippen LogP contribution in [-0.4, -0.2) is 30.0 Å². The van der Waals surface area contributed by atoms with Gasteiger partial charge < -0.3 is 19.1 Å². The summed E-state index contributed by atoms with van der Waals surface area (Å²) in [6.07, 6.45) is 0. The summed E-state index contributed by atoms with van der Waals surface area (Å²) in [5, 5.41) is 9.17. The first-order chi connectivity index (χ1) is 9.49. The van der Waals surface area contributed by atoms with E-state index in [0.29, 0.717) is 17.1 Å². The molecule has 7 heteroatoms. The Bertz CT molecular complexity index is 712. The molecule has 106 valence electrons. The van der Waals surface area contributed by atoms with Crippen molar-refractivity contribution in [3.8, 4) is 22.6 Å². The van der Waals surface area contributed by atoms with Crippen LogP contribution >= 0.6 is 0 Å². The normalized spacial score (nSPS) is 10.3. The van der Waals surface area contributed by atoms with Gasteiger partial charge in [-0.15, -0.1) is 0 Å². The summed E-state index contributed by atoms with van der Waals surface area (Å²) in [5.41, 5.74) is -0.588. The maximum Gasteiger partial charge on any atom is 0.366 e. The molecule has 1 N–H and O–H groups in total. The number of carboxylic acids is 1. The highest BCUT2D eigenvalue weighted by molar-refractivity contribution is 5.94. The summed E-state index contributed by atoms with van der Waals surface area (Å²) < 4.78 is 16.0. The van der Waals surface area contributed by atoms with Gasteiger partial charge in [0.1, 0.15) is 5.56 Å². The molecule has 1 aromatic carbocycles. The molecule has 0 spiro atoms. The molecule has 7 nitrogen and oxygen atoms in total. The molecule has 1 aromatic heterocycles. The summed E-state index contributed by atoms with van der Waals surface area (Å²) in [5.74, 6) is -0.374. The average Bonchev–Trinajstić information content (AvgIpc) is 2.72. The monoisotopic (exact) mass is 279 g/mol. The lowest BCUT2D eigenvalue weighted by molar-refractivity contribution is 0.0673. The van der Waals surface area contributed by atoms with Crippen LogP contribution in [-0.2, 0) is 7.05 Å². The van der Waals surface area contributed by atoms with Gasteiger partial charge in [0.25, 0.3) is 0 Å². The Labute approximate surface area is 113 Å². The Morgan fingerprint density at radius 1 is 1.25 bits per heavy atom. The molecule has 1 heterocycles. The molecule has 0 unspecified atom stereocenters. The molecule has 0 saturated carbocycles. The number of benzene rings is 1. The number of hydrogen-bond acceptors (Lipinski definition) is 5. The second kappa shape index (κ2) is 5.12. The Morgan fingerprint density at radius 3 is 2.45 bits per heavy atom. The number of nitrogens with zero attached hydrogens (tertiary/aromatic N) is 1. The molecule has 0 amide bonds. The predicted octanol–water partition coefficient (Wildman–Crippen LogP) is 1.36. The van der Waals surface area contributed by atoms with E-state index in [9.17, 15) is 14.7 Å². The smallest absolute Gasteiger partial charge is 0.366 e. The van der Waals surface area contributed by atoms with Crippen LogP contribution in [0.3, 0.4) is 0 Å². The molecule has 0 radical (unpaired) electrons. The molecule has 0 aliphatic carbocycles. The van der Waals surface area contributed by atoms with Crippen molar-refractivity contribution in [3.63, 3.8) is 0 Å². The van der Waals surface area contributed by atoms with Gasteiger partial charge in [-0.1, -0.05) is 6.07 Å². The second-order valence-corrected chi connectivity index (χ2v) is 3.97. The molecule has 0 aliphatic rings. The fraction of sp³-hybridized carbons (Fsp3) is 0.231. The number of aromatic nitrogens is 1. The van der Waals surface area contributed by atoms with E-state index in [0.717, 1.165) is 4.74 Å². The maximum atomic E-state index is 11.8. The molecule has 2 aromatic rings. The molecule has 2 rings (SSSR count). The van der Waals surface area contributed by atoms with Crippen LogP contribution in [0.4, 0.5) is 0 Å². The Hall–Kier alpha value is -2.70. The van der Waals surface area contributed by atoms with E-state index in [1.165, 1.54) is 27.3 Å². The first kappa shape index (κ1) is 13.7. The lowest BCUT2D eigenvalue weighted by Gasteiger charge is -2.08. The Balaban J connectivity index is 2.69. The van der Waals surface area contributed by atoms with Crippen LogP contribution in [0.1, 0.15) is 10.5 Å². The highest BCUT2D eigenvalue weighted by atomic mass is 16.5. The van der Waals surface area contributed by atoms with Crippen molar-refractivity contribution in [2.45, 2.75) is 0 Å². The fourth-order valence-electron chi connectivity index (χ4n) is 1.96. The zero-order valence-corrected chi connectivity index (χ0v) is 11.2. The van der Waals surface area contributed by atoms with Crippen LogP contribution in [0.2, 0.25) is 0 Å². The molecule has 0 bridgehead atoms. The number of hydrogen-bond donors (Lipinski definition) is 1. The van der Waals surface area contributed by atoms with E-state index in [1.807, 2.05) is 0 Å². The quantitative estimate of drug-likeness (QED) is 0.908. The third-order valence-corrected chi connectivity index (χ3v) is 2.85. The molecule has 0 fully saturated rings. The third kappa shape index (κ3) is 2.13. The predicted molar refractivity (Wildman–Crippen MR) is 69.4 cm³/mol. The summed E-state index contributed by atoms with van der Waals surface area (Å²) in [6, 6.07) is 4.68. The van der Waals surface area contributed by atoms with Gasteiger partial charge >= 0.3 is 11.6 Å². The molecule has 0 atom stereocenters. The van der Waals surface area contributed by atoms with Gasteiger partial charge in [-0.05, 0) is 17.7 Å². The summed E-state index contributed by atoms with van der Waals surface area (Å²) >= 11 is 0. The largest absolute Gasteiger partial charge is 0.493 e. The van der Waals surface area contributed by atoms with Crippen LogP contribution < -0.4 is 15.1 Å². The van der Waals surface area contributed by atoms with Crippen molar-refractivity contribution in [3.05, 3.63) is 34.3 Å². The van der Waals surface area contributed by atoms with Crippen LogP contribution in [0, 0.1) is 0 Å². The molecule has 0 saturated heterocycles. The van der Waals surface area contributed by atoms with E-state index in [-0.39, 0.29) is 11.3 Å². The molecule has 20 heavy (non-hydrogen) atoms. The zero-order chi connectivity index (χ0) is 14.9. The highest BCUT2D eigenvalue weighted by Crippen LogP contribution is 2.32. The highest BCUT2D eigenvalue weighted by Gasteiger charge is 2.23. The zero-order valence-electron chi connectivity index (χ0n) is 11.2. The van der Waals surface area contributed by atoms with Gasteiger partial charge in [-0.2, -0.15) is 0 Å². The third-order valence-electron chi connectivity index (χ3n) is 2.85. The molecular weight excluding hydrogens is 266 g/mol. The minimum atomic E-state index is -1.25. The molecular formula is C13H13NO6. The minimum absolute atomic E-state index is 0.0269. The minimum Gasteiger partial charge on any atom is -0.493 e. The van der Waals surface area contributed by atoms with Crippen LogP contribution in [0.15, 0.2) is 27.5 Å². The topological polar surface area (TPSA) is 90.9 Å². The van der Waals surface area contributed by atoms with E-state index < -0.39 is 11.6 Å². The molecule has 0 aliphatic heterocycles.